The molecule has 37 heavy (non-hydrogen) atoms. The van der Waals surface area contributed by atoms with E-state index < -0.39 is 6.04 Å². The van der Waals surface area contributed by atoms with Crippen molar-refractivity contribution in [2.45, 2.75) is 39.8 Å². The SMILES string of the molecule is COc1cn(C)c(=O)cc1-c1nc2c(n1C(C)C)C(c1ccc(Cl)cc1)N(c1cc(C)ccc1C)C2=O. The normalized spacial score (nSPS) is 15.0. The van der Waals surface area contributed by atoms with Gasteiger partial charge in [-0.2, -0.15) is 0 Å². The fourth-order valence-corrected chi connectivity index (χ4v) is 5.18. The zero-order valence-electron chi connectivity index (χ0n) is 21.7. The molecule has 0 saturated heterocycles. The number of benzene rings is 2. The second-order valence-electron chi connectivity index (χ2n) is 9.76. The maximum atomic E-state index is 14.1. The number of pyridine rings is 1. The van der Waals surface area contributed by atoms with E-state index in [1.807, 2.05) is 75.1 Å². The predicted molar refractivity (Wildman–Crippen MR) is 146 cm³/mol. The molecule has 3 heterocycles. The molecule has 190 valence electrons. The molecule has 1 aliphatic heterocycles. The first-order valence-electron chi connectivity index (χ1n) is 12.2. The minimum Gasteiger partial charge on any atom is -0.494 e. The Morgan fingerprint density at radius 1 is 1.03 bits per heavy atom. The average Bonchev–Trinajstić information content (AvgIpc) is 3.38. The zero-order chi connectivity index (χ0) is 26.6. The average molecular weight is 517 g/mol. The van der Waals surface area contributed by atoms with Crippen molar-refractivity contribution in [3.63, 3.8) is 0 Å². The monoisotopic (exact) mass is 516 g/mol. The molecule has 0 saturated carbocycles. The number of imidazole rings is 1. The Bertz CT molecular complexity index is 1580. The molecular weight excluding hydrogens is 488 g/mol. The molecule has 1 aliphatic rings. The Balaban J connectivity index is 1.82. The summed E-state index contributed by atoms with van der Waals surface area (Å²) in [5, 5.41) is 0.620. The van der Waals surface area contributed by atoms with Crippen molar-refractivity contribution in [3.8, 4) is 17.1 Å². The van der Waals surface area contributed by atoms with Gasteiger partial charge in [-0.15, -0.1) is 0 Å². The number of carbonyl (C=O) groups is 1. The lowest BCUT2D eigenvalue weighted by atomic mass is 10.0. The Morgan fingerprint density at radius 3 is 2.38 bits per heavy atom. The van der Waals surface area contributed by atoms with Gasteiger partial charge >= 0.3 is 0 Å². The summed E-state index contributed by atoms with van der Waals surface area (Å²) >= 11 is 6.23. The van der Waals surface area contributed by atoms with Gasteiger partial charge in [0.2, 0.25) is 0 Å². The molecule has 0 fully saturated rings. The number of aromatic nitrogens is 3. The number of anilines is 1. The molecule has 5 rings (SSSR count). The van der Waals surface area contributed by atoms with Gasteiger partial charge in [-0.25, -0.2) is 4.98 Å². The maximum Gasteiger partial charge on any atom is 0.279 e. The summed E-state index contributed by atoms with van der Waals surface area (Å²) in [4.78, 5) is 33.5. The largest absolute Gasteiger partial charge is 0.494 e. The van der Waals surface area contributed by atoms with Crippen molar-refractivity contribution in [2.24, 2.45) is 7.05 Å². The highest BCUT2D eigenvalue weighted by Crippen LogP contribution is 2.46. The number of aryl methyl sites for hydroxylation is 3. The van der Waals surface area contributed by atoms with Crippen molar-refractivity contribution in [3.05, 3.63) is 98.2 Å². The van der Waals surface area contributed by atoms with Crippen LogP contribution in [0.2, 0.25) is 5.02 Å². The summed E-state index contributed by atoms with van der Waals surface area (Å²) in [7, 11) is 3.23. The van der Waals surface area contributed by atoms with Crippen LogP contribution in [0.4, 0.5) is 5.69 Å². The fourth-order valence-electron chi connectivity index (χ4n) is 5.05. The molecule has 2 aromatic carbocycles. The molecule has 8 heteroatoms. The number of halogens is 1. The number of rotatable bonds is 5. The van der Waals surface area contributed by atoms with Crippen LogP contribution >= 0.6 is 11.6 Å². The van der Waals surface area contributed by atoms with Gasteiger partial charge in [0.05, 0.1) is 18.4 Å². The van der Waals surface area contributed by atoms with Crippen LogP contribution in [0, 0.1) is 13.8 Å². The van der Waals surface area contributed by atoms with Crippen LogP contribution in [0.5, 0.6) is 5.75 Å². The molecule has 1 unspecified atom stereocenters. The third-order valence-electron chi connectivity index (χ3n) is 6.87. The van der Waals surface area contributed by atoms with Crippen LogP contribution in [0.25, 0.3) is 11.4 Å². The van der Waals surface area contributed by atoms with Gasteiger partial charge in [0.1, 0.15) is 17.6 Å². The van der Waals surface area contributed by atoms with E-state index in [-0.39, 0.29) is 17.5 Å². The van der Waals surface area contributed by atoms with Gasteiger partial charge in [-0.1, -0.05) is 35.9 Å². The summed E-state index contributed by atoms with van der Waals surface area (Å²) in [6, 6.07) is 14.7. The topological polar surface area (TPSA) is 69.4 Å². The molecule has 1 amide bonds. The van der Waals surface area contributed by atoms with E-state index in [0.717, 1.165) is 28.1 Å². The Labute approximate surface area is 220 Å². The molecule has 0 spiro atoms. The lowest BCUT2D eigenvalue weighted by Crippen LogP contribution is -2.31. The van der Waals surface area contributed by atoms with Crippen molar-refractivity contribution in [1.29, 1.82) is 0 Å². The van der Waals surface area contributed by atoms with Crippen LogP contribution in [-0.4, -0.2) is 27.1 Å². The summed E-state index contributed by atoms with van der Waals surface area (Å²) in [5.74, 6) is 0.851. The number of ether oxygens (including phenoxy) is 1. The molecule has 0 aliphatic carbocycles. The third-order valence-corrected chi connectivity index (χ3v) is 7.12. The highest BCUT2D eigenvalue weighted by molar-refractivity contribution is 6.30. The van der Waals surface area contributed by atoms with Crippen LogP contribution in [0.3, 0.4) is 0 Å². The summed E-state index contributed by atoms with van der Waals surface area (Å²) < 4.78 is 9.13. The van der Waals surface area contributed by atoms with Gasteiger partial charge in [-0.05, 0) is 62.6 Å². The minimum atomic E-state index is -0.429. The van der Waals surface area contributed by atoms with Crippen LogP contribution < -0.4 is 15.2 Å². The highest BCUT2D eigenvalue weighted by Gasteiger charge is 2.45. The molecule has 7 nitrogen and oxygen atoms in total. The number of nitrogens with zero attached hydrogens (tertiary/aromatic N) is 4. The summed E-state index contributed by atoms with van der Waals surface area (Å²) in [6.45, 7) is 8.11. The van der Waals surface area contributed by atoms with Crippen LogP contribution in [0.1, 0.15) is 58.8 Å². The number of fused-ring (bicyclic) bond motifs is 1. The van der Waals surface area contributed by atoms with Gasteiger partial charge < -0.3 is 13.9 Å². The third kappa shape index (κ3) is 4.03. The smallest absolute Gasteiger partial charge is 0.279 e. The molecule has 0 N–H and O–H groups in total. The van der Waals surface area contributed by atoms with E-state index in [2.05, 4.69) is 4.57 Å². The van der Waals surface area contributed by atoms with Crippen LogP contribution in [-0.2, 0) is 7.05 Å². The van der Waals surface area contributed by atoms with E-state index in [4.69, 9.17) is 21.3 Å². The molecular formula is C29H29ClN4O3. The second kappa shape index (κ2) is 9.23. The number of methoxy groups -OCH3 is 1. The second-order valence-corrected chi connectivity index (χ2v) is 10.2. The fraction of sp³-hybridized carbons (Fsp3) is 0.276. The zero-order valence-corrected chi connectivity index (χ0v) is 22.5. The van der Waals surface area contributed by atoms with E-state index in [0.29, 0.717) is 27.9 Å². The Morgan fingerprint density at radius 2 is 1.73 bits per heavy atom. The molecule has 4 aromatic rings. The van der Waals surface area contributed by atoms with Gasteiger partial charge in [0.25, 0.3) is 11.5 Å². The maximum absolute atomic E-state index is 14.1. The number of hydrogen-bond acceptors (Lipinski definition) is 4. The molecule has 0 bridgehead atoms. The van der Waals surface area contributed by atoms with E-state index in [9.17, 15) is 9.59 Å². The lowest BCUT2D eigenvalue weighted by Gasteiger charge is -2.30. The van der Waals surface area contributed by atoms with Crippen molar-refractivity contribution in [2.75, 3.05) is 12.0 Å². The van der Waals surface area contributed by atoms with E-state index >= 15 is 0 Å². The molecule has 2 aromatic heterocycles. The molecule has 0 radical (unpaired) electrons. The Hall–Kier alpha value is -3.84. The lowest BCUT2D eigenvalue weighted by molar-refractivity contribution is 0.0989. The number of carbonyl (C=O) groups excluding carboxylic acids is 1. The highest BCUT2D eigenvalue weighted by atomic mass is 35.5. The Kier molecular flexibility index (Phi) is 6.20. The van der Waals surface area contributed by atoms with Crippen molar-refractivity contribution >= 4 is 23.2 Å². The van der Waals surface area contributed by atoms with E-state index in [1.165, 1.54) is 10.6 Å². The predicted octanol–water partition coefficient (Wildman–Crippen LogP) is 5.86. The number of hydrogen-bond donors (Lipinski definition) is 0. The number of amides is 1. The van der Waals surface area contributed by atoms with Gasteiger partial charge in [-0.3, -0.25) is 14.5 Å². The first kappa shape index (κ1) is 24.8. The quantitative estimate of drug-likeness (QED) is 0.333. The molecule has 1 atom stereocenters. The van der Waals surface area contributed by atoms with Crippen molar-refractivity contribution < 1.29 is 9.53 Å². The summed E-state index contributed by atoms with van der Waals surface area (Å²) in [5.41, 5.74) is 5.32. The van der Waals surface area contributed by atoms with E-state index in [1.54, 1.807) is 20.4 Å². The first-order valence-corrected chi connectivity index (χ1v) is 12.5. The van der Waals surface area contributed by atoms with Crippen molar-refractivity contribution in [1.82, 2.24) is 14.1 Å². The first-order chi connectivity index (χ1) is 17.6. The standard InChI is InChI=1S/C29H29ClN4O3/c1-16(2)33-27-25(31-28(33)21-14-24(35)32(5)15-23(21)37-6)29(36)34(22-13-17(3)7-8-18(22)4)26(27)19-9-11-20(30)12-10-19/h7-16,26H,1-6H3. The summed E-state index contributed by atoms with van der Waals surface area (Å²) in [6.07, 6.45) is 1.64. The van der Waals surface area contributed by atoms with Crippen LogP contribution in [0.15, 0.2) is 59.5 Å². The van der Waals surface area contributed by atoms with Gasteiger partial charge in [0.15, 0.2) is 5.69 Å². The van der Waals surface area contributed by atoms with Gasteiger partial charge in [0, 0.05) is 36.1 Å². The minimum absolute atomic E-state index is 0.0545.